The highest BCUT2D eigenvalue weighted by molar-refractivity contribution is 6.02. The molecular formula is C27H23F10NO2. The number of ketones is 1. The van der Waals surface area contributed by atoms with Crippen LogP contribution in [0.5, 0.6) is 0 Å². The first-order valence-electron chi connectivity index (χ1n) is 11.8. The first kappa shape index (κ1) is 31.2. The number of carbonyl (C=O) groups is 2. The van der Waals surface area contributed by atoms with Gasteiger partial charge in [0.15, 0.2) is 5.78 Å². The molecule has 1 amide bonds. The number of benzene rings is 2. The Labute approximate surface area is 222 Å². The Morgan fingerprint density at radius 3 is 2.00 bits per heavy atom. The van der Waals surface area contributed by atoms with Gasteiger partial charge in [-0.2, -0.15) is 39.5 Å². The van der Waals surface area contributed by atoms with E-state index in [4.69, 9.17) is 0 Å². The second-order valence-corrected chi connectivity index (χ2v) is 9.83. The third-order valence-electron chi connectivity index (χ3n) is 6.58. The molecule has 1 N–H and O–H groups in total. The SMILES string of the molecule is Cc1cc(C(/C=C/c2ccc(C(=O)CC3(C(=O)NCC(F)(F)F)CC3)c(C(F)(F)F)c2)C(F)(F)F)cc(C)c1F. The summed E-state index contributed by atoms with van der Waals surface area (Å²) in [5.41, 5.74) is -4.62. The molecule has 1 aliphatic rings. The van der Waals surface area contributed by atoms with Gasteiger partial charge in [0.1, 0.15) is 12.4 Å². The van der Waals surface area contributed by atoms with Crippen molar-refractivity contribution in [1.82, 2.24) is 5.32 Å². The highest BCUT2D eigenvalue weighted by Gasteiger charge is 2.52. The molecule has 13 heteroatoms. The van der Waals surface area contributed by atoms with E-state index in [1.807, 2.05) is 0 Å². The molecule has 3 nitrogen and oxygen atoms in total. The molecule has 1 aliphatic carbocycles. The molecule has 2 aromatic rings. The molecule has 0 saturated heterocycles. The number of aryl methyl sites for hydroxylation is 2. The number of hydrogen-bond donors (Lipinski definition) is 1. The molecule has 1 fully saturated rings. The molecule has 0 bridgehead atoms. The Morgan fingerprint density at radius 2 is 1.52 bits per heavy atom. The van der Waals surface area contributed by atoms with Gasteiger partial charge in [-0.05, 0) is 55.0 Å². The highest BCUT2D eigenvalue weighted by Crippen LogP contribution is 2.50. The van der Waals surface area contributed by atoms with Crippen LogP contribution in [-0.2, 0) is 11.0 Å². The number of hydrogen-bond acceptors (Lipinski definition) is 2. The van der Waals surface area contributed by atoms with Crippen LogP contribution in [0, 0.1) is 25.1 Å². The van der Waals surface area contributed by atoms with Crippen molar-refractivity contribution in [2.24, 2.45) is 5.41 Å². The van der Waals surface area contributed by atoms with E-state index in [0.717, 1.165) is 30.3 Å². The Bertz CT molecular complexity index is 1300. The molecule has 1 unspecified atom stereocenters. The lowest BCUT2D eigenvalue weighted by Gasteiger charge is -2.19. The van der Waals surface area contributed by atoms with Crippen LogP contribution in [0.1, 0.15) is 63.4 Å². The molecule has 1 atom stereocenters. The van der Waals surface area contributed by atoms with E-state index >= 15 is 0 Å². The Kier molecular flexibility index (Phi) is 8.48. The standard InChI is InChI=1S/C27H23F10NO2/c1-14-9-17(10-15(2)22(14)28)19(26(32,33)34)6-4-16-3-5-18(20(11-16)27(35,36)37)21(39)12-24(7-8-24)23(40)38-13-25(29,30)31/h3-6,9-11,19H,7-8,12-13H2,1-2H3,(H,38,40)/b6-4+. The molecule has 0 heterocycles. The van der Waals surface area contributed by atoms with E-state index in [1.165, 1.54) is 13.8 Å². The second kappa shape index (κ2) is 10.9. The number of amides is 1. The van der Waals surface area contributed by atoms with Crippen LogP contribution in [0.4, 0.5) is 43.9 Å². The third kappa shape index (κ3) is 7.42. The van der Waals surface area contributed by atoms with E-state index in [2.05, 4.69) is 0 Å². The van der Waals surface area contributed by atoms with Gasteiger partial charge >= 0.3 is 18.5 Å². The van der Waals surface area contributed by atoms with Gasteiger partial charge in [-0.15, -0.1) is 0 Å². The summed E-state index contributed by atoms with van der Waals surface area (Å²) < 4.78 is 134. The average Bonchev–Trinajstić information content (AvgIpc) is 3.59. The normalized spacial score (nSPS) is 16.2. The molecule has 0 radical (unpaired) electrons. The predicted octanol–water partition coefficient (Wildman–Crippen LogP) is 7.85. The number of nitrogens with one attached hydrogen (secondary N) is 1. The summed E-state index contributed by atoms with van der Waals surface area (Å²) in [6, 6.07) is 4.19. The fourth-order valence-corrected chi connectivity index (χ4v) is 4.32. The minimum absolute atomic E-state index is 0.00572. The summed E-state index contributed by atoms with van der Waals surface area (Å²) in [7, 11) is 0. The Morgan fingerprint density at radius 1 is 0.950 bits per heavy atom. The van der Waals surface area contributed by atoms with Crippen molar-refractivity contribution in [2.45, 2.75) is 57.6 Å². The van der Waals surface area contributed by atoms with Gasteiger partial charge in [0.25, 0.3) is 0 Å². The number of Topliss-reactive ketones (excluding diaryl/α,β-unsaturated/α-hetero) is 1. The Balaban J connectivity index is 1.90. The number of halogens is 10. The molecule has 218 valence electrons. The van der Waals surface area contributed by atoms with E-state index in [9.17, 15) is 53.5 Å². The zero-order chi connectivity index (χ0) is 30.3. The van der Waals surface area contributed by atoms with Crippen LogP contribution in [0.2, 0.25) is 0 Å². The summed E-state index contributed by atoms with van der Waals surface area (Å²) >= 11 is 0. The number of alkyl halides is 9. The van der Waals surface area contributed by atoms with Crippen LogP contribution in [-0.4, -0.2) is 30.6 Å². The molecule has 0 aromatic heterocycles. The zero-order valence-corrected chi connectivity index (χ0v) is 21.0. The first-order valence-corrected chi connectivity index (χ1v) is 11.8. The van der Waals surface area contributed by atoms with E-state index in [1.54, 1.807) is 5.32 Å². The number of carbonyl (C=O) groups excluding carboxylic acids is 2. The van der Waals surface area contributed by atoms with Crippen molar-refractivity contribution in [2.75, 3.05) is 6.54 Å². The fourth-order valence-electron chi connectivity index (χ4n) is 4.32. The maximum atomic E-state index is 13.9. The molecule has 0 aliphatic heterocycles. The van der Waals surface area contributed by atoms with Gasteiger partial charge < -0.3 is 5.32 Å². The third-order valence-corrected chi connectivity index (χ3v) is 6.58. The maximum Gasteiger partial charge on any atom is 0.417 e. The molecule has 0 spiro atoms. The quantitative estimate of drug-likeness (QED) is 0.254. The minimum Gasteiger partial charge on any atom is -0.346 e. The molecule has 1 saturated carbocycles. The highest BCUT2D eigenvalue weighted by atomic mass is 19.4. The van der Waals surface area contributed by atoms with E-state index in [0.29, 0.717) is 12.1 Å². The van der Waals surface area contributed by atoms with Crippen molar-refractivity contribution < 1.29 is 53.5 Å². The minimum atomic E-state index is -5.11. The van der Waals surface area contributed by atoms with E-state index in [-0.39, 0.29) is 35.1 Å². The molecule has 2 aromatic carbocycles. The van der Waals surface area contributed by atoms with Gasteiger partial charge in [-0.1, -0.05) is 36.4 Å². The summed E-state index contributed by atoms with van der Waals surface area (Å²) in [4.78, 5) is 24.9. The molecule has 3 rings (SSSR count). The lowest BCUT2D eigenvalue weighted by molar-refractivity contribution is -0.141. The van der Waals surface area contributed by atoms with Gasteiger partial charge in [0.2, 0.25) is 5.91 Å². The van der Waals surface area contributed by atoms with Crippen molar-refractivity contribution in [3.8, 4) is 0 Å². The predicted molar refractivity (Wildman–Crippen MR) is 125 cm³/mol. The number of allylic oxidation sites excluding steroid dienone is 1. The largest absolute Gasteiger partial charge is 0.417 e. The van der Waals surface area contributed by atoms with Gasteiger partial charge in [0, 0.05) is 12.0 Å². The summed E-state index contributed by atoms with van der Waals surface area (Å²) in [6.45, 7) is 0.896. The topological polar surface area (TPSA) is 46.2 Å². The summed E-state index contributed by atoms with van der Waals surface area (Å²) in [6.07, 6.45) is -14.0. The second-order valence-electron chi connectivity index (χ2n) is 9.83. The number of rotatable bonds is 8. The smallest absolute Gasteiger partial charge is 0.346 e. The lowest BCUT2D eigenvalue weighted by atomic mass is 9.90. The van der Waals surface area contributed by atoms with Gasteiger partial charge in [-0.3, -0.25) is 9.59 Å². The summed E-state index contributed by atoms with van der Waals surface area (Å²) in [5, 5.41) is 1.64. The van der Waals surface area contributed by atoms with Crippen molar-refractivity contribution in [3.05, 3.63) is 75.6 Å². The zero-order valence-electron chi connectivity index (χ0n) is 21.0. The lowest BCUT2D eigenvalue weighted by Crippen LogP contribution is -2.39. The van der Waals surface area contributed by atoms with Gasteiger partial charge in [-0.25, -0.2) is 4.39 Å². The maximum absolute atomic E-state index is 13.9. The van der Waals surface area contributed by atoms with Crippen LogP contribution in [0.3, 0.4) is 0 Å². The van der Waals surface area contributed by atoms with Crippen molar-refractivity contribution >= 4 is 17.8 Å². The van der Waals surface area contributed by atoms with Crippen molar-refractivity contribution in [1.29, 1.82) is 0 Å². The van der Waals surface area contributed by atoms with Crippen LogP contribution < -0.4 is 5.32 Å². The first-order chi connectivity index (χ1) is 18.2. The fraction of sp³-hybridized carbons (Fsp3) is 0.407. The van der Waals surface area contributed by atoms with Crippen LogP contribution >= 0.6 is 0 Å². The Hall–Kier alpha value is -3.38. The molecule has 40 heavy (non-hydrogen) atoms. The van der Waals surface area contributed by atoms with Crippen LogP contribution in [0.25, 0.3) is 6.08 Å². The summed E-state index contributed by atoms with van der Waals surface area (Å²) in [5.74, 6) is -5.20. The van der Waals surface area contributed by atoms with Crippen LogP contribution in [0.15, 0.2) is 36.4 Å². The average molecular weight is 583 g/mol. The monoisotopic (exact) mass is 583 g/mol. The van der Waals surface area contributed by atoms with Gasteiger partial charge in [0.05, 0.1) is 16.9 Å². The molecular weight excluding hydrogens is 560 g/mol. The van der Waals surface area contributed by atoms with Crippen molar-refractivity contribution in [3.63, 3.8) is 0 Å². The van der Waals surface area contributed by atoms with E-state index < -0.39 is 71.5 Å².